The van der Waals surface area contributed by atoms with Gasteiger partial charge in [0.1, 0.15) is 11.5 Å². The molecule has 0 spiro atoms. The smallest absolute Gasteiger partial charge is 0.300 e. The molecule has 0 fully saturated rings. The number of carboxylic acids is 1. The van der Waals surface area contributed by atoms with Crippen molar-refractivity contribution < 1.29 is 20.1 Å². The minimum absolute atomic E-state index is 0.185. The highest BCUT2D eigenvalue weighted by Crippen LogP contribution is 2.19. The van der Waals surface area contributed by atoms with Gasteiger partial charge in [0.15, 0.2) is 0 Å². The molecule has 0 aliphatic heterocycles. The van der Waals surface area contributed by atoms with Crippen LogP contribution in [-0.2, 0) is 4.79 Å². The van der Waals surface area contributed by atoms with Crippen LogP contribution in [0.15, 0.2) is 18.2 Å². The van der Waals surface area contributed by atoms with Crippen LogP contribution in [0.25, 0.3) is 0 Å². The number of rotatable bonds is 0. The van der Waals surface area contributed by atoms with E-state index in [2.05, 4.69) is 0 Å². The normalized spacial score (nSPS) is 8.46. The molecule has 1 aromatic carbocycles. The Morgan fingerprint density at radius 1 is 1.31 bits per heavy atom. The Bertz CT molecular complexity index is 290. The lowest BCUT2D eigenvalue weighted by atomic mass is 10.2. The summed E-state index contributed by atoms with van der Waals surface area (Å²) in [6.07, 6.45) is 0. The molecule has 3 N–H and O–H groups in total. The SMILES string of the molecule is CC(=O)O.Cc1cc(O)ccc1O. The van der Waals surface area contributed by atoms with Crippen molar-refractivity contribution in [2.24, 2.45) is 0 Å². The maximum absolute atomic E-state index is 9.00. The van der Waals surface area contributed by atoms with Gasteiger partial charge in [-0.3, -0.25) is 4.79 Å². The third-order valence-corrected chi connectivity index (χ3v) is 1.18. The number of aliphatic carboxylic acids is 1. The van der Waals surface area contributed by atoms with Gasteiger partial charge in [-0.05, 0) is 30.7 Å². The lowest BCUT2D eigenvalue weighted by molar-refractivity contribution is -0.134. The highest BCUT2D eigenvalue weighted by molar-refractivity contribution is 5.62. The third-order valence-electron chi connectivity index (χ3n) is 1.18. The van der Waals surface area contributed by atoms with E-state index >= 15 is 0 Å². The van der Waals surface area contributed by atoms with Crippen LogP contribution in [0, 0.1) is 6.92 Å². The van der Waals surface area contributed by atoms with Crippen molar-refractivity contribution in [3.63, 3.8) is 0 Å². The molecule has 0 atom stereocenters. The number of hydrogen-bond donors (Lipinski definition) is 3. The summed E-state index contributed by atoms with van der Waals surface area (Å²) in [5.41, 5.74) is 0.690. The molecule has 4 heteroatoms. The molecule has 0 aliphatic rings. The summed E-state index contributed by atoms with van der Waals surface area (Å²) in [5.74, 6) is -0.432. The van der Waals surface area contributed by atoms with Crippen molar-refractivity contribution in [1.82, 2.24) is 0 Å². The first-order chi connectivity index (χ1) is 5.93. The molecule has 0 amide bonds. The first kappa shape index (κ1) is 11.3. The van der Waals surface area contributed by atoms with Gasteiger partial charge < -0.3 is 15.3 Å². The predicted octanol–water partition coefficient (Wildman–Crippen LogP) is 1.50. The standard InChI is InChI=1S/C7H8O2.C2H4O2/c1-5-4-6(8)2-3-7(5)9;1-2(3)4/h2-4,8-9H,1H3;1H3,(H,3,4). The van der Waals surface area contributed by atoms with Gasteiger partial charge in [0.05, 0.1) is 0 Å². The molecule has 0 radical (unpaired) electrons. The van der Waals surface area contributed by atoms with Crippen molar-refractivity contribution in [3.05, 3.63) is 23.8 Å². The molecule has 0 saturated heterocycles. The molecule has 13 heavy (non-hydrogen) atoms. The van der Waals surface area contributed by atoms with Gasteiger partial charge in [-0.15, -0.1) is 0 Å². The van der Waals surface area contributed by atoms with Crippen molar-refractivity contribution in [1.29, 1.82) is 0 Å². The van der Waals surface area contributed by atoms with Gasteiger partial charge in [0, 0.05) is 6.92 Å². The monoisotopic (exact) mass is 184 g/mol. The zero-order valence-electron chi connectivity index (χ0n) is 7.48. The second-order valence-electron chi connectivity index (χ2n) is 2.49. The average Bonchev–Trinajstić information content (AvgIpc) is 1.96. The van der Waals surface area contributed by atoms with E-state index in [1.807, 2.05) is 0 Å². The summed E-state index contributed by atoms with van der Waals surface area (Å²) in [6, 6.07) is 4.42. The highest BCUT2D eigenvalue weighted by atomic mass is 16.4. The summed E-state index contributed by atoms with van der Waals surface area (Å²) >= 11 is 0. The quantitative estimate of drug-likeness (QED) is 0.534. The fourth-order valence-electron chi connectivity index (χ4n) is 0.640. The van der Waals surface area contributed by atoms with Crippen molar-refractivity contribution in [2.45, 2.75) is 13.8 Å². The molecule has 0 heterocycles. The molecule has 0 unspecified atom stereocenters. The van der Waals surface area contributed by atoms with Crippen LogP contribution in [0.5, 0.6) is 11.5 Å². The van der Waals surface area contributed by atoms with Crippen LogP contribution in [0.4, 0.5) is 0 Å². The maximum atomic E-state index is 9.00. The largest absolute Gasteiger partial charge is 0.508 e. The lowest BCUT2D eigenvalue weighted by Gasteiger charge is -1.96. The molecule has 4 nitrogen and oxygen atoms in total. The second kappa shape index (κ2) is 5.03. The Morgan fingerprint density at radius 3 is 2.08 bits per heavy atom. The van der Waals surface area contributed by atoms with Crippen LogP contribution >= 0.6 is 0 Å². The second-order valence-corrected chi connectivity index (χ2v) is 2.49. The number of benzene rings is 1. The Balaban J connectivity index is 0.000000310. The number of hydrogen-bond acceptors (Lipinski definition) is 3. The van der Waals surface area contributed by atoms with E-state index < -0.39 is 5.97 Å². The average molecular weight is 184 g/mol. The third kappa shape index (κ3) is 5.55. The van der Waals surface area contributed by atoms with E-state index in [-0.39, 0.29) is 11.5 Å². The molecule has 1 aromatic rings. The van der Waals surface area contributed by atoms with Crippen molar-refractivity contribution in [2.75, 3.05) is 0 Å². The van der Waals surface area contributed by atoms with E-state index in [9.17, 15) is 0 Å². The Kier molecular flexibility index (Phi) is 4.37. The number of phenolic OH excluding ortho intramolecular Hbond substituents is 2. The lowest BCUT2D eigenvalue weighted by Crippen LogP contribution is -1.78. The number of aromatic hydroxyl groups is 2. The first-order valence-electron chi connectivity index (χ1n) is 3.61. The molecule has 1 rings (SSSR count). The fourth-order valence-corrected chi connectivity index (χ4v) is 0.640. The zero-order valence-corrected chi connectivity index (χ0v) is 7.48. The minimum atomic E-state index is -0.833. The van der Waals surface area contributed by atoms with Crippen molar-refractivity contribution in [3.8, 4) is 11.5 Å². The van der Waals surface area contributed by atoms with Gasteiger partial charge in [-0.1, -0.05) is 0 Å². The summed E-state index contributed by atoms with van der Waals surface area (Å²) < 4.78 is 0. The van der Waals surface area contributed by atoms with E-state index in [4.69, 9.17) is 20.1 Å². The van der Waals surface area contributed by atoms with Gasteiger partial charge in [0.2, 0.25) is 0 Å². The molecule has 0 aliphatic carbocycles. The highest BCUT2D eigenvalue weighted by Gasteiger charge is 1.93. The zero-order chi connectivity index (χ0) is 10.4. The molecule has 0 saturated carbocycles. The van der Waals surface area contributed by atoms with E-state index in [1.54, 1.807) is 6.92 Å². The number of phenols is 2. The van der Waals surface area contributed by atoms with Gasteiger partial charge in [-0.25, -0.2) is 0 Å². The Hall–Kier alpha value is -1.71. The van der Waals surface area contributed by atoms with Crippen LogP contribution in [-0.4, -0.2) is 21.3 Å². The maximum Gasteiger partial charge on any atom is 0.300 e. The molecular formula is C9H12O4. The van der Waals surface area contributed by atoms with Crippen LogP contribution in [0.3, 0.4) is 0 Å². The van der Waals surface area contributed by atoms with Crippen LogP contribution in [0.2, 0.25) is 0 Å². The first-order valence-corrected chi connectivity index (χ1v) is 3.61. The van der Waals surface area contributed by atoms with Gasteiger partial charge in [0.25, 0.3) is 5.97 Å². The molecular weight excluding hydrogens is 172 g/mol. The van der Waals surface area contributed by atoms with Crippen LogP contribution in [0.1, 0.15) is 12.5 Å². The molecule has 0 bridgehead atoms. The molecule has 0 aromatic heterocycles. The number of carboxylic acid groups (broad SMARTS) is 1. The fraction of sp³-hybridized carbons (Fsp3) is 0.222. The minimum Gasteiger partial charge on any atom is -0.508 e. The number of carbonyl (C=O) groups is 1. The summed E-state index contributed by atoms with van der Waals surface area (Å²) in [6.45, 7) is 2.81. The topological polar surface area (TPSA) is 77.8 Å². The Morgan fingerprint density at radius 2 is 1.77 bits per heavy atom. The van der Waals surface area contributed by atoms with Gasteiger partial charge in [-0.2, -0.15) is 0 Å². The van der Waals surface area contributed by atoms with Gasteiger partial charge >= 0.3 is 0 Å². The van der Waals surface area contributed by atoms with E-state index in [0.717, 1.165) is 6.92 Å². The van der Waals surface area contributed by atoms with Crippen molar-refractivity contribution >= 4 is 5.97 Å². The van der Waals surface area contributed by atoms with Crippen LogP contribution < -0.4 is 0 Å². The molecule has 72 valence electrons. The number of aryl methyl sites for hydroxylation is 1. The van der Waals surface area contributed by atoms with E-state index in [1.165, 1.54) is 18.2 Å². The Labute approximate surface area is 76.1 Å². The summed E-state index contributed by atoms with van der Waals surface area (Å²) in [5, 5.41) is 25.2. The predicted molar refractivity (Wildman–Crippen MR) is 47.8 cm³/mol. The van der Waals surface area contributed by atoms with E-state index in [0.29, 0.717) is 5.56 Å². The summed E-state index contributed by atoms with van der Waals surface area (Å²) in [4.78, 5) is 9.00. The summed E-state index contributed by atoms with van der Waals surface area (Å²) in [7, 11) is 0.